The van der Waals surface area contributed by atoms with Crippen LogP contribution in [0.3, 0.4) is 0 Å². The number of carbonyl (C=O) groups excluding carboxylic acids is 1. The van der Waals surface area contributed by atoms with Crippen molar-refractivity contribution < 1.29 is 9.72 Å². The van der Waals surface area contributed by atoms with Gasteiger partial charge in [-0.15, -0.1) is 11.3 Å². The van der Waals surface area contributed by atoms with E-state index in [1.807, 2.05) is 13.8 Å². The summed E-state index contributed by atoms with van der Waals surface area (Å²) in [5, 5.41) is 23.3. The highest BCUT2D eigenvalue weighted by Gasteiger charge is 2.20. The average molecular weight is 350 g/mol. The predicted molar refractivity (Wildman–Crippen MR) is 89.2 cm³/mol. The van der Waals surface area contributed by atoms with Gasteiger partial charge in [-0.1, -0.05) is 18.5 Å². The number of nitriles is 1. The Balaban J connectivity index is 2.39. The van der Waals surface area contributed by atoms with Crippen LogP contribution in [0.4, 0.5) is 10.7 Å². The molecule has 0 atom stereocenters. The zero-order valence-corrected chi connectivity index (χ0v) is 13.9. The minimum Gasteiger partial charge on any atom is -0.312 e. The molecule has 2 aromatic rings. The van der Waals surface area contributed by atoms with E-state index >= 15 is 0 Å². The first-order valence-corrected chi connectivity index (χ1v) is 7.86. The van der Waals surface area contributed by atoms with Gasteiger partial charge < -0.3 is 5.32 Å². The summed E-state index contributed by atoms with van der Waals surface area (Å²) < 4.78 is 0. The summed E-state index contributed by atoms with van der Waals surface area (Å²) in [6.07, 6.45) is 0.679. The van der Waals surface area contributed by atoms with E-state index < -0.39 is 10.8 Å². The molecule has 1 aromatic heterocycles. The fourth-order valence-corrected chi connectivity index (χ4v) is 3.48. The van der Waals surface area contributed by atoms with Crippen LogP contribution in [0.2, 0.25) is 5.02 Å². The van der Waals surface area contributed by atoms with Gasteiger partial charge in [-0.25, -0.2) is 0 Å². The number of benzene rings is 1. The molecule has 0 fully saturated rings. The number of nitro benzene ring substituents is 1. The smallest absolute Gasteiger partial charge is 0.270 e. The number of carbonyl (C=O) groups is 1. The van der Waals surface area contributed by atoms with Crippen molar-refractivity contribution in [3.63, 3.8) is 0 Å². The van der Waals surface area contributed by atoms with Gasteiger partial charge >= 0.3 is 0 Å². The summed E-state index contributed by atoms with van der Waals surface area (Å²) in [6.45, 7) is 3.80. The Bertz CT molecular complexity index is 839. The molecule has 8 heteroatoms. The molecule has 0 bridgehead atoms. The molecule has 0 saturated carbocycles. The highest BCUT2D eigenvalue weighted by molar-refractivity contribution is 7.16. The number of halogens is 1. The van der Waals surface area contributed by atoms with Crippen molar-refractivity contribution in [2.45, 2.75) is 20.3 Å². The minimum atomic E-state index is -0.599. The van der Waals surface area contributed by atoms with Crippen molar-refractivity contribution in [3.05, 3.63) is 54.9 Å². The number of anilines is 1. The maximum absolute atomic E-state index is 12.4. The quantitative estimate of drug-likeness (QED) is 0.657. The minimum absolute atomic E-state index is 0.00569. The van der Waals surface area contributed by atoms with Crippen LogP contribution in [-0.4, -0.2) is 10.8 Å². The summed E-state index contributed by atoms with van der Waals surface area (Å²) in [5.41, 5.74) is 1.08. The Morgan fingerprint density at radius 3 is 2.78 bits per heavy atom. The van der Waals surface area contributed by atoms with E-state index in [2.05, 4.69) is 11.4 Å². The maximum Gasteiger partial charge on any atom is 0.270 e. The van der Waals surface area contributed by atoms with Crippen LogP contribution in [-0.2, 0) is 6.42 Å². The highest BCUT2D eigenvalue weighted by atomic mass is 35.5. The van der Waals surface area contributed by atoms with Crippen molar-refractivity contribution in [2.75, 3.05) is 5.32 Å². The normalized spacial score (nSPS) is 10.2. The number of non-ortho nitro benzene ring substituents is 1. The monoisotopic (exact) mass is 349 g/mol. The van der Waals surface area contributed by atoms with Crippen LogP contribution in [0.25, 0.3) is 0 Å². The zero-order chi connectivity index (χ0) is 17.1. The third kappa shape index (κ3) is 3.33. The lowest BCUT2D eigenvalue weighted by atomic mass is 10.1. The van der Waals surface area contributed by atoms with Gasteiger partial charge in [-0.3, -0.25) is 14.9 Å². The summed E-state index contributed by atoms with van der Waals surface area (Å²) in [5.74, 6) is -0.584. The van der Waals surface area contributed by atoms with Crippen LogP contribution in [0.15, 0.2) is 18.2 Å². The van der Waals surface area contributed by atoms with Crippen molar-refractivity contribution in [1.29, 1.82) is 5.26 Å². The number of nitrogens with one attached hydrogen (secondary N) is 1. The highest BCUT2D eigenvalue weighted by Crippen LogP contribution is 2.33. The molecular formula is C15H12ClN3O3S. The number of hydrogen-bond acceptors (Lipinski definition) is 5. The largest absolute Gasteiger partial charge is 0.312 e. The summed E-state index contributed by atoms with van der Waals surface area (Å²) in [4.78, 5) is 23.5. The van der Waals surface area contributed by atoms with E-state index in [4.69, 9.17) is 11.6 Å². The summed E-state index contributed by atoms with van der Waals surface area (Å²) in [6, 6.07) is 5.74. The van der Waals surface area contributed by atoms with Crippen LogP contribution in [0.1, 0.15) is 33.3 Å². The standard InChI is InChI=1S/C15H12ClN3O3S/c1-3-10-8(2)23-15(12(10)7-17)18-14(20)11-6-9(19(21)22)4-5-13(11)16/h4-6H,3H2,1-2H3,(H,18,20). The molecule has 0 aliphatic heterocycles. The molecular weight excluding hydrogens is 338 g/mol. The number of nitrogens with zero attached hydrogens (tertiary/aromatic N) is 2. The predicted octanol–water partition coefficient (Wildman–Crippen LogP) is 4.30. The van der Waals surface area contributed by atoms with E-state index in [0.717, 1.165) is 16.5 Å². The first kappa shape index (κ1) is 16.9. The van der Waals surface area contributed by atoms with Gasteiger partial charge in [0.25, 0.3) is 11.6 Å². The van der Waals surface area contributed by atoms with Gasteiger partial charge in [0.2, 0.25) is 0 Å². The Morgan fingerprint density at radius 2 is 2.22 bits per heavy atom. The summed E-state index contributed by atoms with van der Waals surface area (Å²) in [7, 11) is 0. The molecule has 1 N–H and O–H groups in total. The van der Waals surface area contributed by atoms with Gasteiger partial charge in [0.05, 0.1) is 21.1 Å². The molecule has 0 aliphatic carbocycles. The third-order valence-electron chi connectivity index (χ3n) is 3.31. The number of amides is 1. The molecule has 1 amide bonds. The molecule has 6 nitrogen and oxygen atoms in total. The molecule has 0 unspecified atom stereocenters. The van der Waals surface area contributed by atoms with Crippen molar-refractivity contribution in [3.8, 4) is 6.07 Å². The van der Waals surface area contributed by atoms with Gasteiger partial charge in [0.1, 0.15) is 11.1 Å². The lowest BCUT2D eigenvalue weighted by molar-refractivity contribution is -0.384. The second-order valence-electron chi connectivity index (χ2n) is 4.68. The Kier molecular flexibility index (Phi) is 4.98. The third-order valence-corrected chi connectivity index (χ3v) is 4.70. The summed E-state index contributed by atoms with van der Waals surface area (Å²) >= 11 is 7.25. The first-order chi connectivity index (χ1) is 10.9. The second-order valence-corrected chi connectivity index (χ2v) is 6.31. The number of aryl methyl sites for hydroxylation is 1. The van der Waals surface area contributed by atoms with Crippen LogP contribution < -0.4 is 5.32 Å². The Morgan fingerprint density at radius 1 is 1.52 bits per heavy atom. The van der Waals surface area contributed by atoms with Gasteiger partial charge in [0.15, 0.2) is 0 Å². The van der Waals surface area contributed by atoms with Crippen LogP contribution in [0.5, 0.6) is 0 Å². The molecule has 1 heterocycles. The maximum atomic E-state index is 12.4. The van der Waals surface area contributed by atoms with E-state index in [-0.39, 0.29) is 16.3 Å². The fourth-order valence-electron chi connectivity index (χ4n) is 2.18. The van der Waals surface area contributed by atoms with E-state index in [9.17, 15) is 20.2 Å². The molecule has 0 aliphatic rings. The zero-order valence-electron chi connectivity index (χ0n) is 12.3. The molecule has 23 heavy (non-hydrogen) atoms. The fraction of sp³-hybridized carbons (Fsp3) is 0.200. The van der Waals surface area contributed by atoms with E-state index in [1.165, 1.54) is 23.5 Å². The molecule has 0 spiro atoms. The first-order valence-electron chi connectivity index (χ1n) is 6.66. The van der Waals surface area contributed by atoms with Gasteiger partial charge in [-0.2, -0.15) is 5.26 Å². The lowest BCUT2D eigenvalue weighted by Crippen LogP contribution is -2.12. The average Bonchev–Trinajstić information content (AvgIpc) is 2.81. The van der Waals surface area contributed by atoms with E-state index in [1.54, 1.807) is 0 Å². The van der Waals surface area contributed by atoms with Crippen LogP contribution in [0, 0.1) is 28.4 Å². The number of nitro groups is 1. The molecule has 2 rings (SSSR count). The lowest BCUT2D eigenvalue weighted by Gasteiger charge is -2.05. The number of rotatable bonds is 4. The molecule has 1 aromatic carbocycles. The molecule has 0 radical (unpaired) electrons. The Labute approximate surface area is 141 Å². The molecule has 118 valence electrons. The second kappa shape index (κ2) is 6.77. The van der Waals surface area contributed by atoms with Gasteiger partial charge in [-0.05, 0) is 25.0 Å². The SMILES string of the molecule is CCc1c(C)sc(NC(=O)c2cc([N+](=O)[O-])ccc2Cl)c1C#N. The molecule has 0 saturated heterocycles. The topological polar surface area (TPSA) is 96.0 Å². The Hall–Kier alpha value is -2.43. The number of thiophene rings is 1. The van der Waals surface area contributed by atoms with Gasteiger partial charge in [0, 0.05) is 17.0 Å². The van der Waals surface area contributed by atoms with Crippen molar-refractivity contribution in [2.24, 2.45) is 0 Å². The van der Waals surface area contributed by atoms with Crippen molar-refractivity contribution >= 4 is 39.5 Å². The van der Waals surface area contributed by atoms with E-state index in [0.29, 0.717) is 17.0 Å². The van der Waals surface area contributed by atoms with Crippen molar-refractivity contribution in [1.82, 2.24) is 0 Å². The van der Waals surface area contributed by atoms with Crippen LogP contribution >= 0.6 is 22.9 Å². The number of hydrogen-bond donors (Lipinski definition) is 1.